The van der Waals surface area contributed by atoms with Crippen molar-refractivity contribution in [3.8, 4) is 0 Å². The number of hydrogen-bond donors (Lipinski definition) is 2. The molecule has 0 heterocycles. The van der Waals surface area contributed by atoms with E-state index in [2.05, 4.69) is 52.1 Å². The molecule has 0 bridgehead atoms. The molecule has 23 heavy (non-hydrogen) atoms. The van der Waals surface area contributed by atoms with Crippen molar-refractivity contribution < 1.29 is 4.79 Å². The second-order valence-electron chi connectivity index (χ2n) is 5.68. The maximum Gasteiger partial charge on any atom is 0.314 e. The van der Waals surface area contributed by atoms with Crippen LogP contribution in [0.4, 0.5) is 4.79 Å². The summed E-state index contributed by atoms with van der Waals surface area (Å²) in [7, 11) is 0. The van der Waals surface area contributed by atoms with Crippen LogP contribution in [-0.2, 0) is 0 Å². The summed E-state index contributed by atoms with van der Waals surface area (Å²) in [5.41, 5.74) is 0. The molecular weight excluding hydrogens is 306 g/mol. The lowest BCUT2D eigenvalue weighted by molar-refractivity contribution is 0.240. The first-order chi connectivity index (χ1) is 11.3. The highest BCUT2D eigenvalue weighted by Gasteiger charge is 1.97. The normalized spacial score (nSPS) is 10.5. The molecule has 0 aromatic carbocycles. The summed E-state index contributed by atoms with van der Waals surface area (Å²) >= 11 is 4.52. The van der Waals surface area contributed by atoms with Gasteiger partial charge in [-0.05, 0) is 57.2 Å². The van der Waals surface area contributed by atoms with Crippen molar-refractivity contribution in [1.82, 2.24) is 10.6 Å². The van der Waals surface area contributed by atoms with Crippen molar-refractivity contribution in [3.63, 3.8) is 0 Å². The monoisotopic (exact) mass is 339 g/mol. The van der Waals surface area contributed by atoms with E-state index in [1.54, 1.807) is 0 Å². The first-order valence-corrected chi connectivity index (χ1v) is 9.42. The largest absolute Gasteiger partial charge is 0.338 e. The molecule has 0 saturated heterocycles. The van der Waals surface area contributed by atoms with Crippen LogP contribution in [0.1, 0.15) is 71.1 Å². The van der Waals surface area contributed by atoms with E-state index in [0.29, 0.717) is 0 Å². The van der Waals surface area contributed by atoms with Gasteiger partial charge in [-0.25, -0.2) is 9.79 Å². The molecule has 0 unspecified atom stereocenters. The minimum atomic E-state index is -0.0328. The summed E-state index contributed by atoms with van der Waals surface area (Å²) in [6.45, 7) is 4.51. The van der Waals surface area contributed by atoms with Gasteiger partial charge < -0.3 is 10.6 Å². The molecule has 4 nitrogen and oxygen atoms in total. The standard InChI is InChI=1S/C18H33N3OS/c1-2-3-11-15-20-18(22)21-16-13-10-8-6-4-5-7-9-12-14-19-17-23/h4,6H,2-3,5,7-16H2,1H3,(H2,20,21,22). The van der Waals surface area contributed by atoms with Gasteiger partial charge in [0.05, 0.1) is 5.16 Å². The van der Waals surface area contributed by atoms with E-state index < -0.39 is 0 Å². The Hall–Kier alpha value is -1.19. The average Bonchev–Trinajstić information content (AvgIpc) is 2.56. The van der Waals surface area contributed by atoms with Gasteiger partial charge in [-0.1, -0.05) is 38.3 Å². The van der Waals surface area contributed by atoms with Gasteiger partial charge in [0.2, 0.25) is 0 Å². The molecule has 0 aromatic heterocycles. The van der Waals surface area contributed by atoms with Gasteiger partial charge in [0.15, 0.2) is 0 Å². The van der Waals surface area contributed by atoms with E-state index in [1.807, 2.05) is 0 Å². The Morgan fingerprint density at radius 3 is 2.17 bits per heavy atom. The van der Waals surface area contributed by atoms with Crippen molar-refractivity contribution in [1.29, 1.82) is 0 Å². The van der Waals surface area contributed by atoms with Crippen LogP contribution >= 0.6 is 12.2 Å². The molecule has 0 rings (SSSR count). The summed E-state index contributed by atoms with van der Waals surface area (Å²) in [5.74, 6) is 0. The molecule has 2 amide bonds. The van der Waals surface area contributed by atoms with Crippen LogP contribution in [0.25, 0.3) is 0 Å². The van der Waals surface area contributed by atoms with Crippen molar-refractivity contribution >= 4 is 23.4 Å². The number of nitrogens with zero attached hydrogens (tertiary/aromatic N) is 1. The van der Waals surface area contributed by atoms with E-state index in [9.17, 15) is 4.79 Å². The molecule has 2 N–H and O–H groups in total. The van der Waals surface area contributed by atoms with E-state index in [1.165, 1.54) is 25.7 Å². The summed E-state index contributed by atoms with van der Waals surface area (Å²) in [6.07, 6.45) is 15.8. The number of aliphatic imine (C=N–C) groups is 1. The number of hydrogen-bond acceptors (Lipinski definition) is 3. The molecule has 5 heteroatoms. The number of nitrogens with one attached hydrogen (secondary N) is 2. The Morgan fingerprint density at radius 2 is 1.57 bits per heavy atom. The van der Waals surface area contributed by atoms with Gasteiger partial charge in [-0.2, -0.15) is 0 Å². The molecule has 0 aliphatic rings. The maximum absolute atomic E-state index is 11.5. The van der Waals surface area contributed by atoms with Gasteiger partial charge in [-0.3, -0.25) is 0 Å². The summed E-state index contributed by atoms with van der Waals surface area (Å²) in [4.78, 5) is 15.4. The number of carbonyl (C=O) groups is 1. The zero-order valence-corrected chi connectivity index (χ0v) is 15.4. The molecule has 0 atom stereocenters. The lowest BCUT2D eigenvalue weighted by Gasteiger charge is -2.06. The highest BCUT2D eigenvalue weighted by Crippen LogP contribution is 2.03. The van der Waals surface area contributed by atoms with Crippen LogP contribution < -0.4 is 10.6 Å². The first kappa shape index (κ1) is 21.8. The van der Waals surface area contributed by atoms with E-state index in [0.717, 1.165) is 58.2 Å². The van der Waals surface area contributed by atoms with Crippen LogP contribution in [0.15, 0.2) is 17.1 Å². The quantitative estimate of drug-likeness (QED) is 0.194. The van der Waals surface area contributed by atoms with E-state index >= 15 is 0 Å². The molecule has 0 saturated carbocycles. The lowest BCUT2D eigenvalue weighted by atomic mass is 10.1. The Labute approximate surface area is 147 Å². The third kappa shape index (κ3) is 18.8. The highest BCUT2D eigenvalue weighted by atomic mass is 32.1. The number of carbonyl (C=O) groups excluding carboxylic acids is 1. The summed E-state index contributed by atoms with van der Waals surface area (Å²) in [6, 6.07) is -0.0328. The Morgan fingerprint density at radius 1 is 0.957 bits per heavy atom. The second-order valence-corrected chi connectivity index (χ2v) is 5.86. The molecule has 0 fully saturated rings. The third-order valence-corrected chi connectivity index (χ3v) is 3.65. The number of allylic oxidation sites excluding steroid dienone is 2. The van der Waals surface area contributed by atoms with Crippen LogP contribution in [-0.4, -0.2) is 30.8 Å². The predicted molar refractivity (Wildman–Crippen MR) is 102 cm³/mol. The second kappa shape index (κ2) is 18.9. The summed E-state index contributed by atoms with van der Waals surface area (Å²) < 4.78 is 0. The topological polar surface area (TPSA) is 53.5 Å². The third-order valence-electron chi connectivity index (χ3n) is 3.52. The molecule has 132 valence electrons. The van der Waals surface area contributed by atoms with Gasteiger partial charge in [-0.15, -0.1) is 0 Å². The van der Waals surface area contributed by atoms with Crippen LogP contribution in [0, 0.1) is 0 Å². The molecule has 0 aliphatic heterocycles. The lowest BCUT2D eigenvalue weighted by Crippen LogP contribution is -2.36. The van der Waals surface area contributed by atoms with E-state index in [4.69, 9.17) is 0 Å². The molecular formula is C18H33N3OS. The zero-order chi connectivity index (χ0) is 17.0. The molecule has 0 radical (unpaired) electrons. The zero-order valence-electron chi connectivity index (χ0n) is 14.6. The predicted octanol–water partition coefficient (Wildman–Crippen LogP) is 4.87. The van der Waals surface area contributed by atoms with Crippen LogP contribution in [0.3, 0.4) is 0 Å². The molecule has 0 aromatic rings. The van der Waals surface area contributed by atoms with Crippen molar-refractivity contribution in [2.24, 2.45) is 4.99 Å². The average molecular weight is 340 g/mol. The SMILES string of the molecule is CCCCCNC(=O)NCCCCC=CCCCCCN=C=S. The Kier molecular flexibility index (Phi) is 17.9. The first-order valence-electron chi connectivity index (χ1n) is 9.01. The van der Waals surface area contributed by atoms with Gasteiger partial charge >= 0.3 is 6.03 Å². The van der Waals surface area contributed by atoms with Crippen LogP contribution in [0.5, 0.6) is 0 Å². The number of isothiocyanates is 1. The smallest absolute Gasteiger partial charge is 0.314 e. The van der Waals surface area contributed by atoms with Crippen molar-refractivity contribution in [2.75, 3.05) is 19.6 Å². The van der Waals surface area contributed by atoms with Crippen molar-refractivity contribution in [2.45, 2.75) is 71.1 Å². The number of unbranched alkanes of at least 4 members (excludes halogenated alkanes) is 7. The van der Waals surface area contributed by atoms with Gasteiger partial charge in [0.25, 0.3) is 0 Å². The maximum atomic E-state index is 11.5. The minimum absolute atomic E-state index is 0.0328. The van der Waals surface area contributed by atoms with Crippen molar-refractivity contribution in [3.05, 3.63) is 12.2 Å². The number of amides is 2. The molecule has 0 spiro atoms. The fourth-order valence-electron chi connectivity index (χ4n) is 2.14. The fraction of sp³-hybridized carbons (Fsp3) is 0.778. The summed E-state index contributed by atoms with van der Waals surface area (Å²) in [5, 5.41) is 8.17. The number of urea groups is 1. The van der Waals surface area contributed by atoms with Gasteiger partial charge in [0, 0.05) is 19.6 Å². The number of rotatable bonds is 15. The Bertz CT molecular complexity index is 352. The van der Waals surface area contributed by atoms with Crippen LogP contribution in [0.2, 0.25) is 0 Å². The van der Waals surface area contributed by atoms with Gasteiger partial charge in [0.1, 0.15) is 0 Å². The minimum Gasteiger partial charge on any atom is -0.338 e. The Balaban J connectivity index is 3.24. The van der Waals surface area contributed by atoms with E-state index in [-0.39, 0.29) is 6.03 Å². The highest BCUT2D eigenvalue weighted by molar-refractivity contribution is 7.78. The number of thiocarbonyl (C=S) groups is 1. The molecule has 0 aliphatic carbocycles. The fourth-order valence-corrected chi connectivity index (χ4v) is 2.23.